The first-order valence-corrected chi connectivity index (χ1v) is 12.9. The van der Waals surface area contributed by atoms with E-state index in [0.29, 0.717) is 32.5 Å². The minimum Gasteiger partial charge on any atom is -0.379 e. The molecule has 2 saturated heterocycles. The van der Waals surface area contributed by atoms with Crippen molar-refractivity contribution in [1.29, 1.82) is 0 Å². The van der Waals surface area contributed by atoms with Crippen molar-refractivity contribution in [3.8, 4) is 0 Å². The Labute approximate surface area is 203 Å². The molecule has 1 spiro atoms. The number of hydrogen-bond acceptors (Lipinski definition) is 6. The van der Waals surface area contributed by atoms with Gasteiger partial charge in [-0.1, -0.05) is 30.3 Å². The third-order valence-corrected chi connectivity index (χ3v) is 8.60. The van der Waals surface area contributed by atoms with E-state index in [4.69, 9.17) is 4.74 Å². The maximum absolute atomic E-state index is 13.2. The maximum Gasteiger partial charge on any atom is 0.325 e. The molecule has 0 radical (unpaired) electrons. The Kier molecular flexibility index (Phi) is 6.07. The molecule has 2 aliphatic heterocycles. The van der Waals surface area contributed by atoms with Crippen molar-refractivity contribution < 1.29 is 27.5 Å². The summed E-state index contributed by atoms with van der Waals surface area (Å²) in [6.07, 6.45) is 1.51. The first kappa shape index (κ1) is 23.5. The topological polar surface area (TPSA) is 125 Å². The molecule has 1 aliphatic carbocycles. The number of urea groups is 1. The second-order valence-electron chi connectivity index (χ2n) is 8.94. The van der Waals surface area contributed by atoms with Gasteiger partial charge in [0.15, 0.2) is 0 Å². The number of imide groups is 1. The number of carbonyl (C=O) groups is 3. The zero-order chi connectivity index (χ0) is 24.6. The molecule has 2 heterocycles. The van der Waals surface area contributed by atoms with Crippen molar-refractivity contribution in [1.82, 2.24) is 14.5 Å². The van der Waals surface area contributed by atoms with Crippen molar-refractivity contribution in [3.63, 3.8) is 0 Å². The van der Waals surface area contributed by atoms with E-state index in [1.54, 1.807) is 6.07 Å². The summed E-state index contributed by atoms with van der Waals surface area (Å²) >= 11 is 0. The van der Waals surface area contributed by atoms with E-state index in [-0.39, 0.29) is 23.7 Å². The lowest BCUT2D eigenvalue weighted by molar-refractivity contribution is -0.134. The summed E-state index contributed by atoms with van der Waals surface area (Å²) in [5.41, 5.74) is 1.38. The lowest BCUT2D eigenvalue weighted by atomic mass is 9.78. The van der Waals surface area contributed by atoms with E-state index in [0.717, 1.165) is 16.0 Å². The van der Waals surface area contributed by atoms with Crippen molar-refractivity contribution in [2.24, 2.45) is 0 Å². The number of hydrogen-bond donors (Lipinski definition) is 2. The first-order valence-electron chi connectivity index (χ1n) is 11.5. The van der Waals surface area contributed by atoms with Gasteiger partial charge in [0, 0.05) is 25.2 Å². The highest BCUT2D eigenvalue weighted by Gasteiger charge is 2.52. The molecule has 1 unspecified atom stereocenters. The highest BCUT2D eigenvalue weighted by molar-refractivity contribution is 7.89. The molecule has 0 saturated carbocycles. The minimum atomic E-state index is -3.73. The molecule has 2 fully saturated rings. The zero-order valence-corrected chi connectivity index (χ0v) is 19.8. The Morgan fingerprint density at radius 3 is 2.57 bits per heavy atom. The average molecular weight is 499 g/mol. The van der Waals surface area contributed by atoms with E-state index in [1.807, 2.05) is 24.3 Å². The summed E-state index contributed by atoms with van der Waals surface area (Å²) in [4.78, 5) is 39.6. The fourth-order valence-corrected chi connectivity index (χ4v) is 6.31. The molecule has 3 aliphatic rings. The van der Waals surface area contributed by atoms with Crippen molar-refractivity contribution >= 4 is 33.6 Å². The number of carbonyl (C=O) groups excluding carboxylic acids is 3. The number of benzene rings is 2. The van der Waals surface area contributed by atoms with Gasteiger partial charge in [-0.3, -0.25) is 14.5 Å². The monoisotopic (exact) mass is 498 g/mol. The molecule has 1 atom stereocenters. The van der Waals surface area contributed by atoms with Crippen LogP contribution in [0.3, 0.4) is 0 Å². The van der Waals surface area contributed by atoms with E-state index >= 15 is 0 Å². The summed E-state index contributed by atoms with van der Waals surface area (Å²) in [6.45, 7) is 0.715. The Morgan fingerprint density at radius 1 is 1.06 bits per heavy atom. The first-order chi connectivity index (χ1) is 16.8. The van der Waals surface area contributed by atoms with Crippen LogP contribution in [0.25, 0.3) is 0 Å². The van der Waals surface area contributed by atoms with Gasteiger partial charge < -0.3 is 15.4 Å². The van der Waals surface area contributed by atoms with E-state index in [9.17, 15) is 22.8 Å². The molecule has 10 nitrogen and oxygen atoms in total. The van der Waals surface area contributed by atoms with Gasteiger partial charge in [0.05, 0.1) is 18.1 Å². The van der Waals surface area contributed by atoms with E-state index in [2.05, 4.69) is 10.6 Å². The lowest BCUT2D eigenvalue weighted by Gasteiger charge is -2.32. The molecule has 2 aromatic carbocycles. The molecule has 11 heteroatoms. The number of anilines is 1. The number of nitrogens with one attached hydrogen (secondary N) is 2. The highest BCUT2D eigenvalue weighted by Crippen LogP contribution is 2.33. The normalized spacial score (nSPS) is 22.7. The highest BCUT2D eigenvalue weighted by atomic mass is 32.2. The predicted molar refractivity (Wildman–Crippen MR) is 126 cm³/mol. The van der Waals surface area contributed by atoms with Crippen LogP contribution in [0.2, 0.25) is 0 Å². The van der Waals surface area contributed by atoms with Gasteiger partial charge in [-0.2, -0.15) is 4.31 Å². The molecule has 0 bridgehead atoms. The molecule has 184 valence electrons. The number of amides is 4. The van der Waals surface area contributed by atoms with Gasteiger partial charge in [0.2, 0.25) is 15.9 Å². The van der Waals surface area contributed by atoms with Crippen LogP contribution in [0, 0.1) is 0 Å². The van der Waals surface area contributed by atoms with Gasteiger partial charge >= 0.3 is 6.03 Å². The van der Waals surface area contributed by atoms with Crippen LogP contribution in [0.1, 0.15) is 17.5 Å². The summed E-state index contributed by atoms with van der Waals surface area (Å²) in [6, 6.07) is 13.1. The summed E-state index contributed by atoms with van der Waals surface area (Å²) < 4.78 is 32.4. The van der Waals surface area contributed by atoms with Crippen molar-refractivity contribution in [3.05, 3.63) is 59.7 Å². The largest absolute Gasteiger partial charge is 0.379 e. The maximum atomic E-state index is 13.2. The van der Waals surface area contributed by atoms with Gasteiger partial charge in [0.1, 0.15) is 12.1 Å². The Morgan fingerprint density at radius 2 is 1.80 bits per heavy atom. The number of nitrogens with zero attached hydrogens (tertiary/aromatic N) is 2. The molecule has 2 N–H and O–H groups in total. The van der Waals surface area contributed by atoms with E-state index < -0.39 is 40.0 Å². The Bertz CT molecular complexity index is 1290. The van der Waals surface area contributed by atoms with E-state index in [1.165, 1.54) is 22.5 Å². The molecule has 4 amide bonds. The Hall–Kier alpha value is -3.28. The average Bonchev–Trinajstić information content (AvgIpc) is 3.08. The fourth-order valence-electron chi connectivity index (χ4n) is 4.86. The molecule has 2 aromatic rings. The van der Waals surface area contributed by atoms with Gasteiger partial charge in [-0.25, -0.2) is 13.2 Å². The smallest absolute Gasteiger partial charge is 0.325 e. The van der Waals surface area contributed by atoms with Gasteiger partial charge in [-0.05, 0) is 42.2 Å². The van der Waals surface area contributed by atoms with Crippen molar-refractivity contribution in [2.45, 2.75) is 29.7 Å². The summed E-state index contributed by atoms with van der Waals surface area (Å²) in [5.74, 6) is -1.02. The quantitative estimate of drug-likeness (QED) is 0.596. The zero-order valence-electron chi connectivity index (χ0n) is 19.0. The van der Waals surface area contributed by atoms with Crippen LogP contribution < -0.4 is 10.6 Å². The second kappa shape index (κ2) is 9.06. The lowest BCUT2D eigenvalue weighted by Crippen LogP contribution is -2.51. The summed E-state index contributed by atoms with van der Waals surface area (Å²) in [5, 5.41) is 5.42. The molecular formula is C24H26N4O6S. The third-order valence-electron chi connectivity index (χ3n) is 6.70. The van der Waals surface area contributed by atoms with Crippen LogP contribution in [-0.4, -0.2) is 73.9 Å². The fraction of sp³-hybridized carbons (Fsp3) is 0.375. The number of fused-ring (bicyclic) bond motifs is 1. The number of morpholine rings is 1. The number of rotatable bonds is 5. The van der Waals surface area contributed by atoms with Gasteiger partial charge in [0.25, 0.3) is 5.91 Å². The summed E-state index contributed by atoms with van der Waals surface area (Å²) in [7, 11) is -3.73. The van der Waals surface area contributed by atoms with Crippen LogP contribution in [0.4, 0.5) is 10.5 Å². The predicted octanol–water partition coefficient (Wildman–Crippen LogP) is 1.13. The standard InChI is InChI=1S/C24H26N4O6S/c29-21(25-19-6-3-7-20(14-19)35(32,33)27-10-12-34-13-11-27)16-28-22(30)24(26-23(28)31)9-8-17-4-1-2-5-18(17)15-24/h1-7,14H,8-13,15-16H2,(H,25,29)(H,26,31). The second-order valence-corrected chi connectivity index (χ2v) is 10.9. The third kappa shape index (κ3) is 4.42. The number of sulfonamides is 1. The Balaban J connectivity index is 1.27. The van der Waals surface area contributed by atoms with Crippen LogP contribution >= 0.6 is 0 Å². The minimum absolute atomic E-state index is 0.0482. The number of aryl methyl sites for hydroxylation is 1. The molecular weight excluding hydrogens is 472 g/mol. The van der Waals surface area contributed by atoms with Crippen LogP contribution in [0.5, 0.6) is 0 Å². The van der Waals surface area contributed by atoms with Crippen LogP contribution in [0.15, 0.2) is 53.4 Å². The van der Waals surface area contributed by atoms with Crippen molar-refractivity contribution in [2.75, 3.05) is 38.2 Å². The molecule has 0 aromatic heterocycles. The molecule has 5 rings (SSSR count). The number of ether oxygens (including phenoxy) is 1. The molecule has 35 heavy (non-hydrogen) atoms. The SMILES string of the molecule is O=C(CN1C(=O)NC2(CCc3ccccc3C2)C1=O)Nc1cccc(S(=O)(=O)N2CCOCC2)c1. The van der Waals surface area contributed by atoms with Crippen LogP contribution in [-0.2, 0) is 37.2 Å². The van der Waals surface area contributed by atoms with Gasteiger partial charge in [-0.15, -0.1) is 0 Å².